The predicted octanol–water partition coefficient (Wildman–Crippen LogP) is 5.11. The first kappa shape index (κ1) is 24.5. The minimum atomic E-state index is -0.225. The Morgan fingerprint density at radius 3 is 2.68 bits per heavy atom. The average molecular weight is 513 g/mol. The maximum atomic E-state index is 12.0. The number of amides is 1. The van der Waals surface area contributed by atoms with E-state index in [4.69, 9.17) is 17.0 Å². The summed E-state index contributed by atoms with van der Waals surface area (Å²) in [6.07, 6.45) is 5.79. The van der Waals surface area contributed by atoms with E-state index in [1.54, 1.807) is 19.5 Å². The molecule has 8 nitrogen and oxygen atoms in total. The minimum Gasteiger partial charge on any atom is -0.494 e. The van der Waals surface area contributed by atoms with Crippen LogP contribution in [0.4, 0.5) is 11.4 Å². The van der Waals surface area contributed by atoms with E-state index in [9.17, 15) is 4.79 Å². The van der Waals surface area contributed by atoms with Crippen LogP contribution < -0.4 is 20.3 Å². The van der Waals surface area contributed by atoms with Gasteiger partial charge in [-0.3, -0.25) is 14.8 Å². The zero-order valence-corrected chi connectivity index (χ0v) is 21.7. The smallest absolute Gasteiger partial charge is 0.224 e. The molecule has 37 heavy (non-hydrogen) atoms. The molecule has 5 rings (SSSR count). The predicted molar refractivity (Wildman–Crippen MR) is 148 cm³/mol. The number of ether oxygens (including phenoxy) is 1. The average Bonchev–Trinajstić information content (AvgIpc) is 3.48. The third-order valence-corrected chi connectivity index (χ3v) is 6.78. The number of carbonyl (C=O) groups is 1. The standard InChI is InChI=1S/C28H28N6O2S/c1-4-25(35)31-21-12-11-19(16-24(21)36-3)34-27(26(32-28(34)37)22-9-5-6-15-30-22)23-13-10-18(2)33(23)20-8-7-14-29-17-20/h5-17,26-27H,4H2,1-3H3,(H,31,35)(H,32,37)/t26-,27-/m1/s1. The first-order valence-corrected chi connectivity index (χ1v) is 12.5. The van der Waals surface area contributed by atoms with Crippen LogP contribution in [0.15, 0.2) is 79.3 Å². The first-order chi connectivity index (χ1) is 18.0. The van der Waals surface area contributed by atoms with Gasteiger partial charge in [0.15, 0.2) is 5.11 Å². The molecule has 2 N–H and O–H groups in total. The van der Waals surface area contributed by atoms with Crippen molar-refractivity contribution in [3.05, 3.63) is 96.3 Å². The highest BCUT2D eigenvalue weighted by atomic mass is 32.1. The fourth-order valence-corrected chi connectivity index (χ4v) is 5.08. The molecule has 0 bridgehead atoms. The van der Waals surface area contributed by atoms with Crippen molar-refractivity contribution in [1.29, 1.82) is 0 Å². The van der Waals surface area contributed by atoms with E-state index in [-0.39, 0.29) is 18.0 Å². The summed E-state index contributed by atoms with van der Waals surface area (Å²) in [7, 11) is 1.59. The fourth-order valence-electron chi connectivity index (χ4n) is 4.73. The summed E-state index contributed by atoms with van der Waals surface area (Å²) in [5.74, 6) is 0.475. The molecule has 3 aromatic heterocycles. The number of nitrogens with one attached hydrogen (secondary N) is 2. The number of carbonyl (C=O) groups excluding carboxylic acids is 1. The third-order valence-electron chi connectivity index (χ3n) is 6.47. The van der Waals surface area contributed by atoms with Gasteiger partial charge in [-0.1, -0.05) is 13.0 Å². The molecule has 1 amide bonds. The van der Waals surface area contributed by atoms with Gasteiger partial charge in [-0.05, 0) is 67.7 Å². The lowest BCUT2D eigenvalue weighted by molar-refractivity contribution is -0.115. The first-order valence-electron chi connectivity index (χ1n) is 12.1. The Morgan fingerprint density at radius 1 is 1.11 bits per heavy atom. The largest absolute Gasteiger partial charge is 0.494 e. The van der Waals surface area contributed by atoms with Gasteiger partial charge in [0.05, 0.1) is 36.4 Å². The molecule has 4 heterocycles. The van der Waals surface area contributed by atoms with Gasteiger partial charge >= 0.3 is 0 Å². The van der Waals surface area contributed by atoms with Crippen molar-refractivity contribution >= 4 is 34.6 Å². The van der Waals surface area contributed by atoms with Gasteiger partial charge in [-0.15, -0.1) is 0 Å². The summed E-state index contributed by atoms with van der Waals surface area (Å²) in [6, 6.07) is 19.3. The van der Waals surface area contributed by atoms with Crippen molar-refractivity contribution in [3.8, 4) is 11.4 Å². The molecule has 0 unspecified atom stereocenters. The number of pyridine rings is 2. The number of aromatic nitrogens is 3. The maximum Gasteiger partial charge on any atom is 0.224 e. The van der Waals surface area contributed by atoms with Crippen molar-refractivity contribution in [2.45, 2.75) is 32.4 Å². The zero-order valence-electron chi connectivity index (χ0n) is 20.9. The van der Waals surface area contributed by atoms with E-state index in [1.807, 2.05) is 61.7 Å². The molecule has 0 aliphatic carbocycles. The Bertz CT molecular complexity index is 1420. The van der Waals surface area contributed by atoms with E-state index in [2.05, 4.69) is 49.1 Å². The molecular formula is C28H28N6O2S. The zero-order chi connectivity index (χ0) is 25.9. The van der Waals surface area contributed by atoms with Gasteiger partial charge in [0, 0.05) is 42.0 Å². The lowest BCUT2D eigenvalue weighted by Gasteiger charge is -2.29. The van der Waals surface area contributed by atoms with Gasteiger partial charge in [-0.25, -0.2) is 0 Å². The van der Waals surface area contributed by atoms with Crippen molar-refractivity contribution in [3.63, 3.8) is 0 Å². The molecule has 0 saturated carbocycles. The van der Waals surface area contributed by atoms with Gasteiger partial charge in [0.2, 0.25) is 5.91 Å². The summed E-state index contributed by atoms with van der Waals surface area (Å²) in [6.45, 7) is 3.89. The number of benzene rings is 1. The van der Waals surface area contributed by atoms with Crippen LogP contribution in [-0.2, 0) is 4.79 Å². The molecular weight excluding hydrogens is 484 g/mol. The number of hydrogen-bond donors (Lipinski definition) is 2. The lowest BCUT2D eigenvalue weighted by Crippen LogP contribution is -2.30. The molecule has 1 aromatic carbocycles. The molecule has 0 spiro atoms. The maximum absolute atomic E-state index is 12.0. The Morgan fingerprint density at radius 2 is 1.97 bits per heavy atom. The molecule has 4 aromatic rings. The van der Waals surface area contributed by atoms with Crippen LogP contribution in [-0.4, -0.2) is 32.7 Å². The number of nitrogens with zero attached hydrogens (tertiary/aromatic N) is 4. The number of methoxy groups -OCH3 is 1. The quantitative estimate of drug-likeness (QED) is 0.333. The SMILES string of the molecule is CCC(=O)Nc1ccc(N2C(=S)N[C@H](c3ccccn3)[C@H]2c2ccc(C)n2-c2cccnc2)cc1OC. The van der Waals surface area contributed by atoms with Crippen LogP contribution >= 0.6 is 12.2 Å². The monoisotopic (exact) mass is 512 g/mol. The highest BCUT2D eigenvalue weighted by molar-refractivity contribution is 7.80. The number of rotatable bonds is 7. The van der Waals surface area contributed by atoms with Crippen LogP contribution in [0.2, 0.25) is 0 Å². The molecule has 1 aliphatic rings. The molecule has 9 heteroatoms. The Kier molecular flexibility index (Phi) is 6.87. The molecule has 2 atom stereocenters. The second-order valence-corrected chi connectivity index (χ2v) is 9.12. The summed E-state index contributed by atoms with van der Waals surface area (Å²) in [4.78, 5) is 23.1. The second kappa shape index (κ2) is 10.4. The van der Waals surface area contributed by atoms with E-state index in [0.29, 0.717) is 23.0 Å². The lowest BCUT2D eigenvalue weighted by atomic mass is 10.0. The number of aryl methyl sites for hydroxylation is 1. The Hall–Kier alpha value is -4.24. The number of thiocarbonyl (C=S) groups is 1. The molecule has 1 fully saturated rings. The highest BCUT2D eigenvalue weighted by Gasteiger charge is 2.42. The Balaban J connectivity index is 1.65. The van der Waals surface area contributed by atoms with Crippen molar-refractivity contribution in [2.75, 3.05) is 17.3 Å². The van der Waals surface area contributed by atoms with Crippen LogP contribution in [0.25, 0.3) is 5.69 Å². The molecule has 1 aliphatic heterocycles. The van der Waals surface area contributed by atoms with Gasteiger partial charge in [0.25, 0.3) is 0 Å². The topological polar surface area (TPSA) is 84.3 Å². The summed E-state index contributed by atoms with van der Waals surface area (Å²) >= 11 is 5.90. The van der Waals surface area contributed by atoms with E-state index in [0.717, 1.165) is 28.5 Å². The van der Waals surface area contributed by atoms with E-state index < -0.39 is 0 Å². The van der Waals surface area contributed by atoms with Crippen LogP contribution in [0, 0.1) is 6.92 Å². The van der Waals surface area contributed by atoms with Crippen molar-refractivity contribution in [1.82, 2.24) is 19.9 Å². The second-order valence-electron chi connectivity index (χ2n) is 8.73. The summed E-state index contributed by atoms with van der Waals surface area (Å²) in [5.41, 5.74) is 5.42. The fraction of sp³-hybridized carbons (Fsp3) is 0.214. The highest BCUT2D eigenvalue weighted by Crippen LogP contribution is 2.44. The number of anilines is 2. The van der Waals surface area contributed by atoms with Crippen LogP contribution in [0.1, 0.15) is 42.5 Å². The van der Waals surface area contributed by atoms with Gasteiger partial charge in [-0.2, -0.15) is 0 Å². The molecule has 1 saturated heterocycles. The van der Waals surface area contributed by atoms with Crippen LogP contribution in [0.5, 0.6) is 5.75 Å². The summed E-state index contributed by atoms with van der Waals surface area (Å²) in [5, 5.41) is 6.98. The minimum absolute atomic E-state index is 0.0812. The molecule has 188 valence electrons. The summed E-state index contributed by atoms with van der Waals surface area (Å²) < 4.78 is 7.84. The third kappa shape index (κ3) is 4.65. The van der Waals surface area contributed by atoms with Gasteiger partial charge < -0.3 is 24.8 Å². The van der Waals surface area contributed by atoms with E-state index in [1.165, 1.54) is 0 Å². The van der Waals surface area contributed by atoms with E-state index >= 15 is 0 Å². The van der Waals surface area contributed by atoms with Crippen molar-refractivity contribution < 1.29 is 9.53 Å². The normalized spacial score (nSPS) is 16.9. The van der Waals surface area contributed by atoms with Gasteiger partial charge in [0.1, 0.15) is 11.8 Å². The number of hydrogen-bond acceptors (Lipinski definition) is 5. The van der Waals surface area contributed by atoms with Crippen molar-refractivity contribution in [2.24, 2.45) is 0 Å². The molecule has 0 radical (unpaired) electrons. The van der Waals surface area contributed by atoms with Crippen LogP contribution in [0.3, 0.4) is 0 Å². The Labute approximate surface area is 221 Å².